The fourth-order valence-electron chi connectivity index (χ4n) is 0.277. The van der Waals surface area contributed by atoms with Crippen molar-refractivity contribution < 1.29 is 26.9 Å². The maximum atomic E-state index is 9.63. The largest absolute Gasteiger partial charge is 2.00 e. The number of rotatable bonds is 2. The molecule has 0 spiro atoms. The Kier molecular flexibility index (Phi) is 15.2. The fraction of sp³-hybridized carbons (Fsp3) is 0.500. The second-order valence-electron chi connectivity index (χ2n) is 2.72. The van der Waals surface area contributed by atoms with Gasteiger partial charge in [0.15, 0.2) is 0 Å². The Labute approximate surface area is 109 Å². The third kappa shape index (κ3) is 10.7. The predicted molar refractivity (Wildman–Crippen MR) is 62.7 cm³/mol. The zero-order valence-electron chi connectivity index (χ0n) is 9.82. The molecule has 100 valence electrons. The summed E-state index contributed by atoms with van der Waals surface area (Å²) in [6.07, 6.45) is 0. The molecule has 0 aliphatic rings. The first-order chi connectivity index (χ1) is 7.44. The van der Waals surface area contributed by atoms with Crippen LogP contribution in [0.2, 0.25) is 0 Å². The summed E-state index contributed by atoms with van der Waals surface area (Å²) in [6, 6.07) is 0. The summed E-state index contributed by atoms with van der Waals surface area (Å²) in [5, 5.41) is 45.8. The van der Waals surface area contributed by atoms with E-state index in [1.165, 1.54) is 27.7 Å². The van der Waals surface area contributed by atoms with Crippen LogP contribution in [0.25, 0.3) is 0 Å². The first kappa shape index (κ1) is 20.7. The molecule has 0 fully saturated rings. The summed E-state index contributed by atoms with van der Waals surface area (Å²) in [4.78, 5) is 0. The predicted octanol–water partition coefficient (Wildman–Crippen LogP) is 1.59. The Hall–Kier alpha value is -1.63. The van der Waals surface area contributed by atoms with Gasteiger partial charge < -0.3 is 31.1 Å². The Morgan fingerprint density at radius 3 is 1.00 bits per heavy atom. The van der Waals surface area contributed by atoms with Gasteiger partial charge in [-0.15, -0.1) is 0 Å². The third-order valence-corrected chi connectivity index (χ3v) is 1.62. The molecule has 0 unspecified atom stereocenters. The van der Waals surface area contributed by atoms with Crippen LogP contribution in [0.5, 0.6) is 0 Å². The monoisotopic (exact) mass is 288 g/mol. The first-order valence-electron chi connectivity index (χ1n) is 4.16. The standard InChI is InChI=1S/2C4H8N2O2.Ni/c2*1-3(5-7)4(2)6-8;/h2*7-8H,1-2H3;/q;;+2/p-2/b2*5-3+,6-4+;. The zero-order chi connectivity index (χ0) is 13.1. The number of oxime groups is 2. The smallest absolute Gasteiger partial charge is 0.792 e. The normalized spacial score (nSPS) is 13.4. The molecule has 8 nitrogen and oxygen atoms in total. The van der Waals surface area contributed by atoms with Gasteiger partial charge in [-0.2, -0.15) is 0 Å². The second kappa shape index (κ2) is 12.4. The first-order valence-corrected chi connectivity index (χ1v) is 4.16. The number of nitrogens with zero attached hydrogens (tertiary/aromatic N) is 4. The average molecular weight is 289 g/mol. The van der Waals surface area contributed by atoms with Crippen molar-refractivity contribution in [2.45, 2.75) is 27.7 Å². The quantitative estimate of drug-likeness (QED) is 0.345. The second-order valence-corrected chi connectivity index (χ2v) is 2.72. The topological polar surface area (TPSA) is 136 Å². The Morgan fingerprint density at radius 2 is 0.941 bits per heavy atom. The molecule has 0 aliphatic heterocycles. The van der Waals surface area contributed by atoms with Gasteiger partial charge in [0.1, 0.15) is 0 Å². The molecule has 0 atom stereocenters. The molecular weight excluding hydrogens is 275 g/mol. The minimum Gasteiger partial charge on any atom is -0.792 e. The van der Waals surface area contributed by atoms with Crippen LogP contribution < -0.4 is 0 Å². The third-order valence-electron chi connectivity index (χ3n) is 1.62. The van der Waals surface area contributed by atoms with Crippen LogP contribution in [0, 0.1) is 10.4 Å². The molecule has 0 saturated carbocycles. The molecule has 0 aromatic carbocycles. The van der Waals surface area contributed by atoms with Crippen LogP contribution in [0.4, 0.5) is 0 Å². The fourth-order valence-corrected chi connectivity index (χ4v) is 0.277. The van der Waals surface area contributed by atoms with Crippen molar-refractivity contribution in [3.05, 3.63) is 10.4 Å². The van der Waals surface area contributed by atoms with Crippen molar-refractivity contribution in [1.29, 1.82) is 0 Å². The molecule has 0 heterocycles. The van der Waals surface area contributed by atoms with E-state index in [0.29, 0.717) is 0 Å². The van der Waals surface area contributed by atoms with E-state index in [-0.39, 0.29) is 39.3 Å². The van der Waals surface area contributed by atoms with E-state index in [1.54, 1.807) is 0 Å². The molecule has 17 heavy (non-hydrogen) atoms. The maximum absolute atomic E-state index is 9.63. The molecule has 0 aromatic heterocycles. The van der Waals surface area contributed by atoms with Crippen molar-refractivity contribution in [3.63, 3.8) is 0 Å². The summed E-state index contributed by atoms with van der Waals surface area (Å²) < 4.78 is 0. The van der Waals surface area contributed by atoms with Crippen molar-refractivity contribution in [2.75, 3.05) is 0 Å². The summed E-state index contributed by atoms with van der Waals surface area (Å²) in [6.45, 7) is 5.94. The van der Waals surface area contributed by atoms with E-state index in [9.17, 15) is 10.4 Å². The Bertz CT molecular complexity index is 261. The molecule has 2 N–H and O–H groups in total. The Morgan fingerprint density at radius 1 is 0.706 bits per heavy atom. The van der Waals surface area contributed by atoms with E-state index < -0.39 is 0 Å². The van der Waals surface area contributed by atoms with Crippen molar-refractivity contribution in [2.24, 2.45) is 20.6 Å². The van der Waals surface area contributed by atoms with E-state index in [0.717, 1.165) is 0 Å². The van der Waals surface area contributed by atoms with Crippen LogP contribution in [0.3, 0.4) is 0 Å². The molecule has 0 amide bonds. The van der Waals surface area contributed by atoms with E-state index in [1.807, 2.05) is 0 Å². The van der Waals surface area contributed by atoms with Gasteiger partial charge in [0, 0.05) is 0 Å². The van der Waals surface area contributed by atoms with Gasteiger partial charge in [-0.1, -0.05) is 10.3 Å². The maximum Gasteiger partial charge on any atom is 2.00 e. The summed E-state index contributed by atoms with van der Waals surface area (Å²) in [7, 11) is 0. The van der Waals surface area contributed by atoms with Crippen LogP contribution in [-0.4, -0.2) is 33.3 Å². The minimum absolute atomic E-state index is 0. The van der Waals surface area contributed by atoms with E-state index in [2.05, 4.69) is 20.6 Å². The van der Waals surface area contributed by atoms with Crippen molar-refractivity contribution in [1.82, 2.24) is 0 Å². The van der Waals surface area contributed by atoms with Crippen LogP contribution in [0.1, 0.15) is 27.7 Å². The van der Waals surface area contributed by atoms with Gasteiger partial charge in [0.05, 0.1) is 22.8 Å². The van der Waals surface area contributed by atoms with E-state index >= 15 is 0 Å². The number of hydrogen-bond acceptors (Lipinski definition) is 8. The molecule has 0 rings (SSSR count). The summed E-state index contributed by atoms with van der Waals surface area (Å²) in [5.41, 5.74) is 0.903. The molecule has 0 saturated heterocycles. The van der Waals surface area contributed by atoms with E-state index in [4.69, 9.17) is 10.4 Å². The van der Waals surface area contributed by atoms with Gasteiger partial charge in [-0.05, 0) is 27.7 Å². The Balaban J connectivity index is -0.000000218. The molecular formula is C8H14N4NiO4. The van der Waals surface area contributed by atoms with Crippen molar-refractivity contribution in [3.8, 4) is 0 Å². The van der Waals surface area contributed by atoms with Gasteiger partial charge in [-0.25, -0.2) is 0 Å². The van der Waals surface area contributed by atoms with Gasteiger partial charge >= 0.3 is 16.5 Å². The van der Waals surface area contributed by atoms with Crippen LogP contribution in [-0.2, 0) is 16.5 Å². The molecule has 9 heteroatoms. The van der Waals surface area contributed by atoms with Crippen LogP contribution in [0.15, 0.2) is 20.6 Å². The van der Waals surface area contributed by atoms with Gasteiger partial charge in [0.2, 0.25) is 0 Å². The molecule has 0 radical (unpaired) electrons. The van der Waals surface area contributed by atoms with Gasteiger partial charge in [-0.3, -0.25) is 0 Å². The summed E-state index contributed by atoms with van der Waals surface area (Å²) in [5.74, 6) is 0. The number of hydrogen-bond donors (Lipinski definition) is 2. The van der Waals surface area contributed by atoms with Crippen molar-refractivity contribution >= 4 is 22.8 Å². The summed E-state index contributed by atoms with van der Waals surface area (Å²) >= 11 is 0. The SMILES string of the molecule is CC(=N\[O-])/C(C)=N/O.CC(=N\[O-])/C(C)=N/O.[Ni+2]. The molecule has 0 bridgehead atoms. The van der Waals surface area contributed by atoms with Crippen LogP contribution >= 0.6 is 0 Å². The molecule has 0 aromatic rings. The molecule has 0 aliphatic carbocycles. The average Bonchev–Trinajstić information content (AvgIpc) is 2.35. The van der Waals surface area contributed by atoms with Gasteiger partial charge in [0.25, 0.3) is 0 Å². The minimum atomic E-state index is 0. The zero-order valence-corrected chi connectivity index (χ0v) is 10.8.